The number of esters is 1. The fourth-order valence-electron chi connectivity index (χ4n) is 3.68. The van der Waals surface area contributed by atoms with Crippen molar-refractivity contribution in [3.8, 4) is 17.2 Å². The number of hydrogen-bond acceptors (Lipinski definition) is 5. The maximum atomic E-state index is 12.8. The smallest absolute Gasteiger partial charge is 0.336 e. The van der Waals surface area contributed by atoms with E-state index in [1.54, 1.807) is 30.4 Å². The summed E-state index contributed by atoms with van der Waals surface area (Å²) in [6.45, 7) is 1.92. The normalized spacial score (nSPS) is 17.7. The summed E-state index contributed by atoms with van der Waals surface area (Å²) in [5.74, 6) is 0.928. The zero-order chi connectivity index (χ0) is 22.8. The van der Waals surface area contributed by atoms with Crippen molar-refractivity contribution in [2.75, 3.05) is 0 Å². The van der Waals surface area contributed by atoms with Crippen molar-refractivity contribution in [1.29, 1.82) is 0 Å². The summed E-state index contributed by atoms with van der Waals surface area (Å²) in [6, 6.07) is 21.9. The molecule has 162 valence electrons. The van der Waals surface area contributed by atoms with E-state index in [1.165, 1.54) is 6.08 Å². The molecular weight excluding hydrogens is 416 g/mol. The lowest BCUT2D eigenvalue weighted by Crippen LogP contribution is -2.18. The van der Waals surface area contributed by atoms with Crippen molar-refractivity contribution in [3.05, 3.63) is 113 Å². The molecule has 0 amide bonds. The fraction of sp³-hybridized carbons (Fsp3) is 0.0714. The van der Waals surface area contributed by atoms with Gasteiger partial charge in [0.2, 0.25) is 5.78 Å². The molecule has 1 unspecified atom stereocenters. The minimum Gasteiger partial charge on any atom is -0.485 e. The highest BCUT2D eigenvalue weighted by Crippen LogP contribution is 2.36. The van der Waals surface area contributed by atoms with Gasteiger partial charge >= 0.3 is 5.97 Å². The van der Waals surface area contributed by atoms with Crippen LogP contribution in [0.5, 0.6) is 17.2 Å². The maximum Gasteiger partial charge on any atom is 0.336 e. The molecule has 3 aromatic rings. The molecule has 5 nitrogen and oxygen atoms in total. The minimum absolute atomic E-state index is 0.207. The van der Waals surface area contributed by atoms with Crippen molar-refractivity contribution in [2.45, 2.75) is 13.0 Å². The summed E-state index contributed by atoms with van der Waals surface area (Å²) < 4.78 is 17.1. The van der Waals surface area contributed by atoms with Crippen LogP contribution in [0.2, 0.25) is 0 Å². The Bertz CT molecular complexity index is 1330. The number of benzene rings is 3. The van der Waals surface area contributed by atoms with Gasteiger partial charge in [-0.2, -0.15) is 0 Å². The molecule has 0 bridgehead atoms. The second-order valence-electron chi connectivity index (χ2n) is 7.71. The molecule has 5 heteroatoms. The van der Waals surface area contributed by atoms with Crippen LogP contribution in [0.3, 0.4) is 0 Å². The zero-order valence-electron chi connectivity index (χ0n) is 17.9. The van der Waals surface area contributed by atoms with E-state index < -0.39 is 5.97 Å². The quantitative estimate of drug-likeness (QED) is 0.301. The van der Waals surface area contributed by atoms with Gasteiger partial charge in [0.05, 0.1) is 5.56 Å². The summed E-state index contributed by atoms with van der Waals surface area (Å²) in [7, 11) is 0. The first-order chi connectivity index (χ1) is 16.1. The Morgan fingerprint density at radius 1 is 0.970 bits per heavy atom. The Labute approximate surface area is 191 Å². The first kappa shape index (κ1) is 20.5. The molecule has 3 aromatic carbocycles. The van der Waals surface area contributed by atoms with Crippen LogP contribution in [0.4, 0.5) is 0 Å². The van der Waals surface area contributed by atoms with Crippen LogP contribution in [0.15, 0.2) is 96.3 Å². The van der Waals surface area contributed by atoms with E-state index >= 15 is 0 Å². The zero-order valence-corrected chi connectivity index (χ0v) is 17.9. The monoisotopic (exact) mass is 436 g/mol. The van der Waals surface area contributed by atoms with Crippen molar-refractivity contribution in [2.24, 2.45) is 0 Å². The predicted octanol–water partition coefficient (Wildman–Crippen LogP) is 5.63. The summed E-state index contributed by atoms with van der Waals surface area (Å²) in [6.07, 6.45) is 6.50. The maximum absolute atomic E-state index is 12.8. The van der Waals surface area contributed by atoms with Gasteiger partial charge in [-0.1, -0.05) is 48.5 Å². The van der Waals surface area contributed by atoms with Crippen molar-refractivity contribution < 1.29 is 23.8 Å². The third-order valence-electron chi connectivity index (χ3n) is 5.38. The highest BCUT2D eigenvalue weighted by Gasteiger charge is 2.29. The molecule has 0 saturated carbocycles. The highest BCUT2D eigenvalue weighted by atomic mass is 16.5. The Morgan fingerprint density at radius 3 is 2.61 bits per heavy atom. The fourth-order valence-corrected chi connectivity index (χ4v) is 3.68. The van der Waals surface area contributed by atoms with Crippen LogP contribution >= 0.6 is 0 Å². The van der Waals surface area contributed by atoms with Gasteiger partial charge in [0.15, 0.2) is 5.76 Å². The second-order valence-corrected chi connectivity index (χ2v) is 7.71. The number of carbonyl (C=O) groups is 2. The second kappa shape index (κ2) is 8.63. The molecule has 1 atom stereocenters. The van der Waals surface area contributed by atoms with E-state index in [9.17, 15) is 9.59 Å². The molecule has 0 aliphatic carbocycles. The number of ketones is 1. The number of rotatable bonds is 4. The predicted molar refractivity (Wildman–Crippen MR) is 125 cm³/mol. The van der Waals surface area contributed by atoms with Crippen molar-refractivity contribution in [3.63, 3.8) is 0 Å². The van der Waals surface area contributed by atoms with Crippen LogP contribution in [0.1, 0.15) is 28.4 Å². The van der Waals surface area contributed by atoms with E-state index in [0.717, 1.165) is 22.4 Å². The summed E-state index contributed by atoms with van der Waals surface area (Å²) in [5.41, 5.74) is 3.10. The summed E-state index contributed by atoms with van der Waals surface area (Å²) >= 11 is 0. The average molecular weight is 436 g/mol. The van der Waals surface area contributed by atoms with Crippen LogP contribution in [0.25, 0.3) is 12.2 Å². The molecule has 2 aliphatic rings. The number of fused-ring (bicyclic) bond motifs is 2. The van der Waals surface area contributed by atoms with Crippen molar-refractivity contribution >= 4 is 23.9 Å². The van der Waals surface area contributed by atoms with Gasteiger partial charge in [-0.3, -0.25) is 4.79 Å². The summed E-state index contributed by atoms with van der Waals surface area (Å²) in [5, 5.41) is 0. The molecule has 0 aromatic heterocycles. The number of carbonyl (C=O) groups excluding carboxylic acids is 2. The lowest BCUT2D eigenvalue weighted by Gasteiger charge is -2.22. The number of Topliss-reactive ketones (excluding diaryl/α,β-unsaturated/α-hetero) is 1. The van der Waals surface area contributed by atoms with Gasteiger partial charge in [0, 0.05) is 17.7 Å². The number of hydrogen-bond donors (Lipinski definition) is 0. The van der Waals surface area contributed by atoms with E-state index in [2.05, 4.69) is 0 Å². The standard InChI is InChI=1S/C28H20O5/c1-18-21(15-20-9-5-6-10-24(20)31-18)16-26-28(30)23-13-12-22(17-25(23)33-26)32-27(29)14-11-19-7-3-2-4-8-19/h2-18H,1H3/b14-11+,26-16-. The van der Waals surface area contributed by atoms with E-state index in [-0.39, 0.29) is 17.6 Å². The van der Waals surface area contributed by atoms with Gasteiger partial charge in [-0.25, -0.2) is 4.79 Å². The Hall–Kier alpha value is -4.38. The van der Waals surface area contributed by atoms with Crippen LogP contribution < -0.4 is 14.2 Å². The Balaban J connectivity index is 1.33. The molecule has 2 heterocycles. The molecule has 2 aliphatic heterocycles. The van der Waals surface area contributed by atoms with Gasteiger partial charge in [0.25, 0.3) is 0 Å². The molecule has 33 heavy (non-hydrogen) atoms. The van der Waals surface area contributed by atoms with Gasteiger partial charge in [-0.05, 0) is 54.5 Å². The molecule has 0 fully saturated rings. The van der Waals surface area contributed by atoms with E-state index in [4.69, 9.17) is 14.2 Å². The van der Waals surface area contributed by atoms with Gasteiger partial charge < -0.3 is 14.2 Å². The molecule has 0 spiro atoms. The lowest BCUT2D eigenvalue weighted by molar-refractivity contribution is -0.128. The Morgan fingerprint density at radius 2 is 1.76 bits per heavy atom. The minimum atomic E-state index is -0.518. The SMILES string of the molecule is CC1Oc2ccccc2C=C1/C=C1\Oc2cc(OC(=O)/C=C/c3ccccc3)ccc2C1=O. The third-order valence-corrected chi connectivity index (χ3v) is 5.38. The molecule has 0 saturated heterocycles. The highest BCUT2D eigenvalue weighted by molar-refractivity contribution is 6.12. The average Bonchev–Trinajstić information content (AvgIpc) is 3.13. The third kappa shape index (κ3) is 4.34. The number of para-hydroxylation sites is 1. The molecule has 0 radical (unpaired) electrons. The number of ether oxygens (including phenoxy) is 3. The lowest BCUT2D eigenvalue weighted by atomic mass is 10.0. The molecular formula is C28H20O5. The molecule has 0 N–H and O–H groups in total. The topological polar surface area (TPSA) is 61.8 Å². The summed E-state index contributed by atoms with van der Waals surface area (Å²) in [4.78, 5) is 25.0. The van der Waals surface area contributed by atoms with Crippen LogP contribution in [-0.4, -0.2) is 17.9 Å². The van der Waals surface area contributed by atoms with Crippen LogP contribution in [-0.2, 0) is 4.79 Å². The van der Waals surface area contributed by atoms with Gasteiger partial charge in [0.1, 0.15) is 23.4 Å². The number of allylic oxidation sites excluding steroid dienone is 1. The van der Waals surface area contributed by atoms with Crippen molar-refractivity contribution in [1.82, 2.24) is 0 Å². The van der Waals surface area contributed by atoms with E-state index in [0.29, 0.717) is 17.1 Å². The molecule has 5 rings (SSSR count). The van der Waals surface area contributed by atoms with Crippen LogP contribution in [0, 0.1) is 0 Å². The van der Waals surface area contributed by atoms with Gasteiger partial charge in [-0.15, -0.1) is 0 Å². The first-order valence-corrected chi connectivity index (χ1v) is 10.6. The van der Waals surface area contributed by atoms with E-state index in [1.807, 2.05) is 67.6 Å². The largest absolute Gasteiger partial charge is 0.485 e. The Kier molecular flexibility index (Phi) is 5.37. The first-order valence-electron chi connectivity index (χ1n) is 10.6.